The standard InChI is InChI=1S/C22H21F3N2O3/c1-30-14-10-16(24)19(17(25)11-14)15-6-7-18(28)20(15)26-21(29)27-22(8-9-22)12-2-4-13(23)5-3-12/h2-5,10-11,15,20H,6-9H2,1H3,(H2,26,27,29)/t15-,20-/m0/s1. The molecule has 2 amide bonds. The molecule has 2 aliphatic rings. The van der Waals surface area contributed by atoms with Gasteiger partial charge < -0.3 is 15.4 Å². The Morgan fingerprint density at radius 3 is 2.30 bits per heavy atom. The van der Waals surface area contributed by atoms with Crippen molar-refractivity contribution < 1.29 is 27.5 Å². The van der Waals surface area contributed by atoms with Crippen LogP contribution in [0.4, 0.5) is 18.0 Å². The number of methoxy groups -OCH3 is 1. The van der Waals surface area contributed by atoms with Crippen LogP contribution in [0.25, 0.3) is 0 Å². The Bertz CT molecular complexity index is 967. The number of hydrogen-bond donors (Lipinski definition) is 2. The molecule has 2 aromatic rings. The van der Waals surface area contributed by atoms with Gasteiger partial charge in [-0.1, -0.05) is 12.1 Å². The highest BCUT2D eigenvalue weighted by atomic mass is 19.1. The monoisotopic (exact) mass is 418 g/mol. The van der Waals surface area contributed by atoms with Gasteiger partial charge in [-0.3, -0.25) is 4.79 Å². The van der Waals surface area contributed by atoms with E-state index >= 15 is 0 Å². The molecule has 0 heterocycles. The van der Waals surface area contributed by atoms with Gasteiger partial charge in [0.05, 0.1) is 18.7 Å². The van der Waals surface area contributed by atoms with Crippen molar-refractivity contribution in [2.24, 2.45) is 0 Å². The Morgan fingerprint density at radius 2 is 1.73 bits per heavy atom. The van der Waals surface area contributed by atoms with E-state index < -0.39 is 35.2 Å². The van der Waals surface area contributed by atoms with Gasteiger partial charge in [-0.25, -0.2) is 18.0 Å². The SMILES string of the molecule is COc1cc(F)c([C@@H]2CCC(=O)[C@H]2NC(=O)NC2(c3ccc(F)cc3)CC2)c(F)c1. The number of ether oxygens (including phenoxy) is 1. The second-order valence-electron chi connectivity index (χ2n) is 7.78. The van der Waals surface area contributed by atoms with Crippen molar-refractivity contribution >= 4 is 11.8 Å². The van der Waals surface area contributed by atoms with Crippen molar-refractivity contribution in [3.63, 3.8) is 0 Å². The molecule has 0 radical (unpaired) electrons. The molecule has 30 heavy (non-hydrogen) atoms. The minimum absolute atomic E-state index is 0.0373. The summed E-state index contributed by atoms with van der Waals surface area (Å²) in [5.41, 5.74) is -0.0850. The van der Waals surface area contributed by atoms with Gasteiger partial charge in [-0.05, 0) is 37.0 Å². The molecule has 158 valence electrons. The maximum absolute atomic E-state index is 14.5. The first-order valence-corrected chi connectivity index (χ1v) is 9.73. The molecule has 2 fully saturated rings. The van der Waals surface area contributed by atoms with Crippen LogP contribution in [0.3, 0.4) is 0 Å². The molecule has 5 nitrogen and oxygen atoms in total. The highest BCUT2D eigenvalue weighted by Gasteiger charge is 2.47. The Labute approximate surface area is 171 Å². The van der Waals surface area contributed by atoms with Crippen LogP contribution in [0.2, 0.25) is 0 Å². The second kappa shape index (κ2) is 7.66. The van der Waals surface area contributed by atoms with Crippen molar-refractivity contribution in [1.82, 2.24) is 10.6 Å². The van der Waals surface area contributed by atoms with E-state index in [9.17, 15) is 22.8 Å². The summed E-state index contributed by atoms with van der Waals surface area (Å²) in [5.74, 6) is -3.06. The highest BCUT2D eigenvalue weighted by Crippen LogP contribution is 2.45. The van der Waals surface area contributed by atoms with E-state index in [0.29, 0.717) is 12.8 Å². The minimum atomic E-state index is -1.04. The van der Waals surface area contributed by atoms with Crippen LogP contribution in [-0.4, -0.2) is 25.0 Å². The number of benzene rings is 2. The molecule has 2 saturated carbocycles. The van der Waals surface area contributed by atoms with Gasteiger partial charge in [-0.15, -0.1) is 0 Å². The average molecular weight is 418 g/mol. The number of rotatable bonds is 5. The molecule has 0 spiro atoms. The third-order valence-electron chi connectivity index (χ3n) is 5.90. The number of hydrogen-bond acceptors (Lipinski definition) is 3. The lowest BCUT2D eigenvalue weighted by Crippen LogP contribution is -2.49. The number of carbonyl (C=O) groups excluding carboxylic acids is 2. The highest BCUT2D eigenvalue weighted by molar-refractivity contribution is 5.91. The number of Topliss-reactive ketones (excluding diaryl/α,β-unsaturated/α-hetero) is 1. The lowest BCUT2D eigenvalue weighted by molar-refractivity contribution is -0.119. The lowest BCUT2D eigenvalue weighted by Gasteiger charge is -2.24. The zero-order valence-corrected chi connectivity index (χ0v) is 16.3. The third-order valence-corrected chi connectivity index (χ3v) is 5.90. The van der Waals surface area contributed by atoms with Crippen molar-refractivity contribution in [1.29, 1.82) is 0 Å². The lowest BCUT2D eigenvalue weighted by atomic mass is 9.92. The summed E-state index contributed by atoms with van der Waals surface area (Å²) in [6.07, 6.45) is 1.70. The van der Waals surface area contributed by atoms with Gasteiger partial charge in [0.15, 0.2) is 5.78 Å². The van der Waals surface area contributed by atoms with Gasteiger partial charge >= 0.3 is 6.03 Å². The van der Waals surface area contributed by atoms with E-state index in [1.165, 1.54) is 19.2 Å². The van der Waals surface area contributed by atoms with E-state index in [-0.39, 0.29) is 35.8 Å². The van der Waals surface area contributed by atoms with E-state index in [2.05, 4.69) is 10.6 Å². The summed E-state index contributed by atoms with van der Waals surface area (Å²) < 4.78 is 47.1. The Hall–Kier alpha value is -3.03. The zero-order valence-electron chi connectivity index (χ0n) is 16.3. The molecule has 2 atom stereocenters. The topological polar surface area (TPSA) is 67.4 Å². The van der Waals surface area contributed by atoms with Gasteiger partial charge in [0.25, 0.3) is 0 Å². The molecule has 0 saturated heterocycles. The molecule has 2 aliphatic carbocycles. The molecule has 2 aromatic carbocycles. The molecule has 0 aromatic heterocycles. The first kappa shape index (κ1) is 20.3. The van der Waals surface area contributed by atoms with Gasteiger partial charge in [0.2, 0.25) is 0 Å². The Morgan fingerprint density at radius 1 is 1.10 bits per heavy atom. The third kappa shape index (κ3) is 3.74. The van der Waals surface area contributed by atoms with Crippen LogP contribution in [0, 0.1) is 17.5 Å². The van der Waals surface area contributed by atoms with E-state index in [1.54, 1.807) is 12.1 Å². The van der Waals surface area contributed by atoms with Crippen LogP contribution in [0.5, 0.6) is 5.75 Å². The van der Waals surface area contributed by atoms with Crippen molar-refractivity contribution in [2.45, 2.75) is 43.2 Å². The molecule has 0 unspecified atom stereocenters. The largest absolute Gasteiger partial charge is 0.497 e. The summed E-state index contributed by atoms with van der Waals surface area (Å²) in [6.45, 7) is 0. The maximum atomic E-state index is 14.5. The first-order valence-electron chi connectivity index (χ1n) is 9.73. The Balaban J connectivity index is 1.51. The normalized spacial score (nSPS) is 21.9. The number of carbonyl (C=O) groups is 2. The zero-order chi connectivity index (χ0) is 21.5. The Kier molecular flexibility index (Phi) is 5.17. The van der Waals surface area contributed by atoms with Crippen LogP contribution in [0.15, 0.2) is 36.4 Å². The molecular formula is C22H21F3N2O3. The first-order chi connectivity index (χ1) is 14.3. The van der Waals surface area contributed by atoms with Crippen LogP contribution in [-0.2, 0) is 10.3 Å². The van der Waals surface area contributed by atoms with E-state index in [4.69, 9.17) is 4.74 Å². The molecule has 4 rings (SSSR count). The average Bonchev–Trinajstić information content (AvgIpc) is 3.40. The number of urea groups is 1. The molecule has 0 bridgehead atoms. The summed E-state index contributed by atoms with van der Waals surface area (Å²) in [4.78, 5) is 25.0. The summed E-state index contributed by atoms with van der Waals surface area (Å²) in [6, 6.07) is 6.34. The smallest absolute Gasteiger partial charge is 0.316 e. The quantitative estimate of drug-likeness (QED) is 0.774. The van der Waals surface area contributed by atoms with Gasteiger partial charge in [0.1, 0.15) is 23.2 Å². The molecule has 0 aliphatic heterocycles. The summed E-state index contributed by atoms with van der Waals surface area (Å²) >= 11 is 0. The van der Waals surface area contributed by atoms with Gasteiger partial charge in [-0.2, -0.15) is 0 Å². The molecule has 2 N–H and O–H groups in total. The predicted octanol–water partition coefficient (Wildman–Crippen LogP) is 3.92. The number of ketones is 1. The van der Waals surface area contributed by atoms with E-state index in [1.807, 2.05) is 0 Å². The van der Waals surface area contributed by atoms with Crippen LogP contribution >= 0.6 is 0 Å². The predicted molar refractivity (Wildman–Crippen MR) is 103 cm³/mol. The fourth-order valence-corrected chi connectivity index (χ4v) is 4.14. The van der Waals surface area contributed by atoms with E-state index in [0.717, 1.165) is 17.7 Å². The number of halogens is 3. The van der Waals surface area contributed by atoms with Crippen LogP contribution in [0.1, 0.15) is 42.7 Å². The fourth-order valence-electron chi connectivity index (χ4n) is 4.14. The van der Waals surface area contributed by atoms with Crippen LogP contribution < -0.4 is 15.4 Å². The minimum Gasteiger partial charge on any atom is -0.497 e. The summed E-state index contributed by atoms with van der Waals surface area (Å²) in [5, 5.41) is 5.44. The van der Waals surface area contributed by atoms with Crippen molar-refractivity contribution in [3.05, 3.63) is 65.0 Å². The number of amides is 2. The maximum Gasteiger partial charge on any atom is 0.316 e. The van der Waals surface area contributed by atoms with Crippen molar-refractivity contribution in [3.8, 4) is 5.75 Å². The summed E-state index contributed by atoms with van der Waals surface area (Å²) in [7, 11) is 1.30. The molecule has 8 heteroatoms. The second-order valence-corrected chi connectivity index (χ2v) is 7.78. The number of nitrogens with one attached hydrogen (secondary N) is 2. The van der Waals surface area contributed by atoms with Crippen molar-refractivity contribution in [2.75, 3.05) is 7.11 Å². The van der Waals surface area contributed by atoms with Gasteiger partial charge in [0, 0.05) is 30.0 Å². The molecular weight excluding hydrogens is 397 g/mol. The fraction of sp³-hybridized carbons (Fsp3) is 0.364.